The number of fused-ring (bicyclic) bond motifs is 1. The number of aromatic nitrogens is 2. The molecule has 3 rings (SSSR count). The minimum Gasteiger partial charge on any atom is -0.383 e. The predicted octanol–water partition coefficient (Wildman–Crippen LogP) is 2.04. The molecular formula is C20H27N3O2. The van der Waals surface area contributed by atoms with Crippen LogP contribution in [0.5, 0.6) is 0 Å². The standard InChI is InChI=1S/C20H27N3O2/c1-4-17-15(18(5-2)23(3)22-17)12-19(24)21-13-20(25)11-10-14-8-6-7-9-16(14)20/h6-9,25H,4-5,10-13H2,1-3H3,(H,21,24)/t20-/m0/s1. The summed E-state index contributed by atoms with van der Waals surface area (Å²) in [6, 6.07) is 7.93. The van der Waals surface area contributed by atoms with Crippen LogP contribution in [0.1, 0.15) is 48.3 Å². The molecule has 25 heavy (non-hydrogen) atoms. The van der Waals surface area contributed by atoms with Crippen LogP contribution >= 0.6 is 0 Å². The first kappa shape index (κ1) is 17.7. The summed E-state index contributed by atoms with van der Waals surface area (Å²) >= 11 is 0. The monoisotopic (exact) mass is 341 g/mol. The Labute approximate surface area is 149 Å². The second-order valence-corrected chi connectivity index (χ2v) is 6.84. The zero-order valence-corrected chi connectivity index (χ0v) is 15.3. The molecule has 1 aromatic carbocycles. The van der Waals surface area contributed by atoms with E-state index in [0.29, 0.717) is 12.8 Å². The number of hydrogen-bond donors (Lipinski definition) is 2. The number of carbonyl (C=O) groups excluding carboxylic acids is 1. The highest BCUT2D eigenvalue weighted by atomic mass is 16.3. The van der Waals surface area contributed by atoms with Crippen LogP contribution in [0.25, 0.3) is 0 Å². The summed E-state index contributed by atoms with van der Waals surface area (Å²) in [6.07, 6.45) is 3.49. The molecule has 0 saturated carbocycles. The summed E-state index contributed by atoms with van der Waals surface area (Å²) in [7, 11) is 1.93. The first-order valence-electron chi connectivity index (χ1n) is 9.09. The molecule has 134 valence electrons. The third-order valence-corrected chi connectivity index (χ3v) is 5.27. The minimum atomic E-state index is -0.956. The number of amides is 1. The average Bonchev–Trinajstić information content (AvgIpc) is 3.11. The molecule has 0 spiro atoms. The van der Waals surface area contributed by atoms with Crippen molar-refractivity contribution in [2.75, 3.05) is 6.54 Å². The van der Waals surface area contributed by atoms with Gasteiger partial charge in [-0.15, -0.1) is 0 Å². The summed E-state index contributed by atoms with van der Waals surface area (Å²) in [5.41, 5.74) is 4.29. The van der Waals surface area contributed by atoms with E-state index >= 15 is 0 Å². The Bertz CT molecular complexity index is 781. The Kier molecular flexibility index (Phi) is 4.95. The third kappa shape index (κ3) is 3.33. The molecule has 1 aliphatic carbocycles. The quantitative estimate of drug-likeness (QED) is 0.845. The van der Waals surface area contributed by atoms with Gasteiger partial charge in [-0.25, -0.2) is 0 Å². The highest BCUT2D eigenvalue weighted by Crippen LogP contribution is 2.36. The molecule has 1 aromatic heterocycles. The molecule has 0 fully saturated rings. The Morgan fingerprint density at radius 1 is 1.32 bits per heavy atom. The Balaban J connectivity index is 1.69. The fourth-order valence-corrected chi connectivity index (χ4v) is 3.91. The van der Waals surface area contributed by atoms with E-state index < -0.39 is 5.60 Å². The second-order valence-electron chi connectivity index (χ2n) is 6.84. The van der Waals surface area contributed by atoms with E-state index in [1.165, 1.54) is 5.56 Å². The lowest BCUT2D eigenvalue weighted by molar-refractivity contribution is -0.121. The van der Waals surface area contributed by atoms with Crippen LogP contribution in [0.2, 0.25) is 0 Å². The average molecular weight is 341 g/mol. The number of carbonyl (C=O) groups is 1. The van der Waals surface area contributed by atoms with Gasteiger partial charge in [0.25, 0.3) is 0 Å². The van der Waals surface area contributed by atoms with E-state index in [0.717, 1.165) is 41.8 Å². The molecule has 5 nitrogen and oxygen atoms in total. The van der Waals surface area contributed by atoms with Crippen molar-refractivity contribution in [2.24, 2.45) is 7.05 Å². The number of nitrogens with one attached hydrogen (secondary N) is 1. The summed E-state index contributed by atoms with van der Waals surface area (Å²) in [5, 5.41) is 18.4. The number of nitrogens with zero attached hydrogens (tertiary/aromatic N) is 2. The van der Waals surface area contributed by atoms with Gasteiger partial charge in [-0.3, -0.25) is 9.48 Å². The van der Waals surface area contributed by atoms with Crippen molar-refractivity contribution in [1.82, 2.24) is 15.1 Å². The van der Waals surface area contributed by atoms with Crippen LogP contribution in [0.3, 0.4) is 0 Å². The van der Waals surface area contributed by atoms with E-state index in [-0.39, 0.29) is 12.5 Å². The SMILES string of the molecule is CCc1nn(C)c(CC)c1CC(=O)NC[C@@]1(O)CCc2ccccc21. The van der Waals surface area contributed by atoms with Crippen molar-refractivity contribution >= 4 is 5.91 Å². The number of aliphatic hydroxyl groups is 1. The zero-order chi connectivity index (χ0) is 18.0. The fourth-order valence-electron chi connectivity index (χ4n) is 3.91. The number of aryl methyl sites for hydroxylation is 3. The highest BCUT2D eigenvalue weighted by molar-refractivity contribution is 5.79. The maximum Gasteiger partial charge on any atom is 0.224 e. The molecule has 1 aliphatic rings. The molecule has 2 N–H and O–H groups in total. The van der Waals surface area contributed by atoms with Gasteiger partial charge in [0.2, 0.25) is 5.91 Å². The second kappa shape index (κ2) is 7.00. The lowest BCUT2D eigenvalue weighted by Gasteiger charge is -2.24. The van der Waals surface area contributed by atoms with E-state index in [1.807, 2.05) is 36.0 Å². The lowest BCUT2D eigenvalue weighted by atomic mass is 9.96. The Morgan fingerprint density at radius 2 is 2.08 bits per heavy atom. The molecule has 0 unspecified atom stereocenters. The number of benzene rings is 1. The van der Waals surface area contributed by atoms with Crippen LogP contribution in [-0.2, 0) is 43.1 Å². The van der Waals surface area contributed by atoms with E-state index in [1.54, 1.807) is 0 Å². The molecule has 0 bridgehead atoms. The first-order chi connectivity index (χ1) is 12.0. The molecule has 0 radical (unpaired) electrons. The van der Waals surface area contributed by atoms with Crippen molar-refractivity contribution < 1.29 is 9.90 Å². The van der Waals surface area contributed by atoms with Crippen molar-refractivity contribution in [1.29, 1.82) is 0 Å². The highest BCUT2D eigenvalue weighted by Gasteiger charge is 2.36. The van der Waals surface area contributed by atoms with Crippen LogP contribution in [0, 0.1) is 0 Å². The van der Waals surface area contributed by atoms with Crippen LogP contribution in [-0.4, -0.2) is 27.3 Å². The topological polar surface area (TPSA) is 67.2 Å². The predicted molar refractivity (Wildman–Crippen MR) is 97.3 cm³/mol. The number of hydrogen-bond acceptors (Lipinski definition) is 3. The first-order valence-corrected chi connectivity index (χ1v) is 9.09. The van der Waals surface area contributed by atoms with Gasteiger partial charge < -0.3 is 10.4 Å². The molecule has 1 amide bonds. The van der Waals surface area contributed by atoms with Gasteiger partial charge in [-0.1, -0.05) is 38.1 Å². The number of rotatable bonds is 6. The van der Waals surface area contributed by atoms with Crippen LogP contribution in [0.4, 0.5) is 0 Å². The lowest BCUT2D eigenvalue weighted by Crippen LogP contribution is -2.40. The van der Waals surface area contributed by atoms with Crippen molar-refractivity contribution in [2.45, 2.75) is 51.6 Å². The van der Waals surface area contributed by atoms with Gasteiger partial charge in [-0.05, 0) is 36.8 Å². The van der Waals surface area contributed by atoms with Crippen LogP contribution < -0.4 is 5.32 Å². The van der Waals surface area contributed by atoms with Crippen molar-refractivity contribution in [3.05, 3.63) is 52.3 Å². The molecular weight excluding hydrogens is 314 g/mol. The minimum absolute atomic E-state index is 0.0600. The molecule has 2 aromatic rings. The van der Waals surface area contributed by atoms with Gasteiger partial charge in [-0.2, -0.15) is 5.10 Å². The fraction of sp³-hybridized carbons (Fsp3) is 0.500. The van der Waals surface area contributed by atoms with Gasteiger partial charge in [0.05, 0.1) is 18.7 Å². The summed E-state index contributed by atoms with van der Waals surface area (Å²) in [6.45, 7) is 4.39. The third-order valence-electron chi connectivity index (χ3n) is 5.27. The molecule has 0 aliphatic heterocycles. The largest absolute Gasteiger partial charge is 0.383 e. The van der Waals surface area contributed by atoms with Crippen molar-refractivity contribution in [3.8, 4) is 0 Å². The Morgan fingerprint density at radius 3 is 2.80 bits per heavy atom. The maximum absolute atomic E-state index is 12.5. The molecule has 0 saturated heterocycles. The normalized spacial score (nSPS) is 19.0. The molecule has 1 atom stereocenters. The van der Waals surface area contributed by atoms with Crippen molar-refractivity contribution in [3.63, 3.8) is 0 Å². The molecule has 1 heterocycles. The van der Waals surface area contributed by atoms with Crippen LogP contribution in [0.15, 0.2) is 24.3 Å². The summed E-state index contributed by atoms with van der Waals surface area (Å²) in [4.78, 5) is 12.5. The van der Waals surface area contributed by atoms with E-state index in [2.05, 4.69) is 24.3 Å². The smallest absolute Gasteiger partial charge is 0.224 e. The van der Waals surface area contributed by atoms with Gasteiger partial charge in [0.15, 0.2) is 0 Å². The Hall–Kier alpha value is -2.14. The van der Waals surface area contributed by atoms with Gasteiger partial charge in [0.1, 0.15) is 5.60 Å². The zero-order valence-electron chi connectivity index (χ0n) is 15.3. The van der Waals surface area contributed by atoms with E-state index in [9.17, 15) is 9.90 Å². The molecule has 5 heteroatoms. The van der Waals surface area contributed by atoms with E-state index in [4.69, 9.17) is 0 Å². The maximum atomic E-state index is 12.5. The summed E-state index contributed by atoms with van der Waals surface area (Å²) in [5.74, 6) is -0.0600. The summed E-state index contributed by atoms with van der Waals surface area (Å²) < 4.78 is 1.88. The van der Waals surface area contributed by atoms with Gasteiger partial charge >= 0.3 is 0 Å². The van der Waals surface area contributed by atoms with Gasteiger partial charge in [0, 0.05) is 18.3 Å².